The van der Waals surface area contributed by atoms with Gasteiger partial charge >= 0.3 is 5.97 Å². The molecule has 4 rings (SSSR count). The Hall–Kier alpha value is -2.69. The van der Waals surface area contributed by atoms with E-state index in [9.17, 15) is 9.59 Å². The number of nitrogens with one attached hydrogen (secondary N) is 1. The van der Waals surface area contributed by atoms with Gasteiger partial charge in [0.15, 0.2) is 0 Å². The molecule has 0 saturated heterocycles. The molecule has 2 aromatic rings. The number of carbonyl (C=O) groups is 1. The van der Waals surface area contributed by atoms with Gasteiger partial charge in [-0.3, -0.25) is 4.79 Å². The Labute approximate surface area is 152 Å². The van der Waals surface area contributed by atoms with Crippen LogP contribution in [0.5, 0.6) is 0 Å². The summed E-state index contributed by atoms with van der Waals surface area (Å²) >= 11 is 0. The van der Waals surface area contributed by atoms with Crippen molar-refractivity contribution in [3.05, 3.63) is 64.5 Å². The topological polar surface area (TPSA) is 72.0 Å². The number of hydrogen-bond donors (Lipinski definition) is 1. The number of fused-ring (bicyclic) bond motifs is 1. The van der Waals surface area contributed by atoms with Crippen LogP contribution >= 0.6 is 0 Å². The maximum Gasteiger partial charge on any atom is 0.338 e. The molecule has 2 heterocycles. The Balaban J connectivity index is 1.54. The molecule has 1 aliphatic heterocycles. The molecule has 1 N–H and O–H groups in total. The smallest absolute Gasteiger partial charge is 0.338 e. The molecule has 1 fully saturated rings. The third-order valence-corrected chi connectivity index (χ3v) is 5.66. The van der Waals surface area contributed by atoms with E-state index in [1.807, 2.05) is 24.3 Å². The molecule has 0 spiro atoms. The lowest BCUT2D eigenvalue weighted by molar-refractivity contribution is 0.00116. The summed E-state index contributed by atoms with van der Waals surface area (Å²) in [5.41, 5.74) is 2.81. The molecule has 1 aliphatic carbocycles. The molecule has 1 atom stereocenters. The van der Waals surface area contributed by atoms with Crippen LogP contribution in [-0.2, 0) is 11.2 Å². The molecule has 0 amide bonds. The SMILES string of the molecule is C=CC1CCC(C2Cc3ccc(-c4ccc(=O)[nH]n4)cc3C(=O)O2)CC1. The summed E-state index contributed by atoms with van der Waals surface area (Å²) in [4.78, 5) is 23.7. The van der Waals surface area contributed by atoms with E-state index in [1.54, 1.807) is 6.07 Å². The molecule has 134 valence electrons. The fourth-order valence-electron chi connectivity index (χ4n) is 4.08. The number of ether oxygens (including phenoxy) is 1. The van der Waals surface area contributed by atoms with E-state index >= 15 is 0 Å². The molecule has 1 saturated carbocycles. The van der Waals surface area contributed by atoms with Gasteiger partial charge in [-0.25, -0.2) is 9.89 Å². The van der Waals surface area contributed by atoms with Crippen molar-refractivity contribution in [1.29, 1.82) is 0 Å². The van der Waals surface area contributed by atoms with E-state index in [0.717, 1.165) is 43.2 Å². The maximum atomic E-state index is 12.6. The zero-order valence-corrected chi connectivity index (χ0v) is 14.6. The minimum Gasteiger partial charge on any atom is -0.458 e. The van der Waals surface area contributed by atoms with Crippen LogP contribution in [0.3, 0.4) is 0 Å². The number of allylic oxidation sites excluding steroid dienone is 1. The Morgan fingerprint density at radius 3 is 2.62 bits per heavy atom. The lowest BCUT2D eigenvalue weighted by atomic mass is 9.77. The third kappa shape index (κ3) is 3.21. The van der Waals surface area contributed by atoms with Crippen LogP contribution in [0.15, 0.2) is 47.8 Å². The van der Waals surface area contributed by atoms with Crippen molar-refractivity contribution in [2.45, 2.75) is 38.2 Å². The quantitative estimate of drug-likeness (QED) is 0.679. The number of carbonyl (C=O) groups excluding carboxylic acids is 1. The van der Waals surface area contributed by atoms with Gasteiger partial charge in [0, 0.05) is 18.1 Å². The number of cyclic esters (lactones) is 1. The number of aromatic nitrogens is 2. The van der Waals surface area contributed by atoms with E-state index in [4.69, 9.17) is 4.74 Å². The minimum atomic E-state index is -0.256. The highest BCUT2D eigenvalue weighted by atomic mass is 16.5. The highest BCUT2D eigenvalue weighted by Gasteiger charge is 2.34. The van der Waals surface area contributed by atoms with Crippen LogP contribution < -0.4 is 5.56 Å². The van der Waals surface area contributed by atoms with Crippen LogP contribution in [-0.4, -0.2) is 22.3 Å². The first-order valence-electron chi connectivity index (χ1n) is 9.16. The largest absolute Gasteiger partial charge is 0.458 e. The monoisotopic (exact) mass is 350 g/mol. The molecule has 5 nitrogen and oxygen atoms in total. The zero-order chi connectivity index (χ0) is 18.1. The molecule has 5 heteroatoms. The maximum absolute atomic E-state index is 12.6. The van der Waals surface area contributed by atoms with Crippen molar-refractivity contribution in [3.8, 4) is 11.3 Å². The summed E-state index contributed by atoms with van der Waals surface area (Å²) in [6.07, 6.45) is 7.22. The van der Waals surface area contributed by atoms with Gasteiger partial charge in [0.05, 0.1) is 11.3 Å². The summed E-state index contributed by atoms with van der Waals surface area (Å²) in [6.45, 7) is 3.89. The lowest BCUT2D eigenvalue weighted by Gasteiger charge is -2.35. The number of esters is 1. The number of benzene rings is 1. The van der Waals surface area contributed by atoms with Gasteiger partial charge in [-0.05, 0) is 55.2 Å². The van der Waals surface area contributed by atoms with Crippen LogP contribution in [0.4, 0.5) is 0 Å². The van der Waals surface area contributed by atoms with Gasteiger partial charge in [0.1, 0.15) is 6.10 Å². The summed E-state index contributed by atoms with van der Waals surface area (Å²) in [6, 6.07) is 8.82. The number of rotatable bonds is 3. The molecule has 1 unspecified atom stereocenters. The van der Waals surface area contributed by atoms with E-state index < -0.39 is 0 Å². The van der Waals surface area contributed by atoms with Crippen molar-refractivity contribution in [2.24, 2.45) is 11.8 Å². The molecule has 1 aromatic heterocycles. The number of H-pyrrole nitrogens is 1. The van der Waals surface area contributed by atoms with Crippen molar-refractivity contribution in [1.82, 2.24) is 10.2 Å². The van der Waals surface area contributed by atoms with Gasteiger partial charge in [-0.2, -0.15) is 5.10 Å². The zero-order valence-electron chi connectivity index (χ0n) is 14.6. The first kappa shape index (κ1) is 16.8. The highest BCUT2D eigenvalue weighted by molar-refractivity contribution is 5.93. The average Bonchev–Trinajstić information content (AvgIpc) is 2.68. The fourth-order valence-corrected chi connectivity index (χ4v) is 4.08. The molecule has 1 aromatic carbocycles. The van der Waals surface area contributed by atoms with Crippen LogP contribution in [0.25, 0.3) is 11.3 Å². The average molecular weight is 350 g/mol. The second-order valence-corrected chi connectivity index (χ2v) is 7.24. The van der Waals surface area contributed by atoms with Crippen LogP contribution in [0.2, 0.25) is 0 Å². The predicted molar refractivity (Wildman–Crippen MR) is 98.8 cm³/mol. The molecular formula is C21H22N2O3. The van der Waals surface area contributed by atoms with E-state index in [0.29, 0.717) is 23.1 Å². The van der Waals surface area contributed by atoms with Gasteiger partial charge in [-0.15, -0.1) is 6.58 Å². The minimum absolute atomic E-state index is 0.0298. The Morgan fingerprint density at radius 2 is 1.92 bits per heavy atom. The third-order valence-electron chi connectivity index (χ3n) is 5.66. The summed E-state index contributed by atoms with van der Waals surface area (Å²) in [5, 5.41) is 6.45. The van der Waals surface area contributed by atoms with Crippen LogP contribution in [0.1, 0.15) is 41.6 Å². The number of nitrogens with zero attached hydrogens (tertiary/aromatic N) is 1. The van der Waals surface area contributed by atoms with Gasteiger partial charge in [0.2, 0.25) is 0 Å². The van der Waals surface area contributed by atoms with E-state index in [1.165, 1.54) is 6.07 Å². The molecule has 0 radical (unpaired) electrons. The number of aromatic amines is 1. The van der Waals surface area contributed by atoms with Crippen molar-refractivity contribution in [2.75, 3.05) is 0 Å². The first-order valence-corrected chi connectivity index (χ1v) is 9.16. The summed E-state index contributed by atoms with van der Waals surface area (Å²) in [7, 11) is 0. The Morgan fingerprint density at radius 1 is 1.12 bits per heavy atom. The van der Waals surface area contributed by atoms with Gasteiger partial charge in [-0.1, -0.05) is 18.2 Å². The van der Waals surface area contributed by atoms with Crippen molar-refractivity contribution in [3.63, 3.8) is 0 Å². The molecule has 2 aliphatic rings. The van der Waals surface area contributed by atoms with Gasteiger partial charge in [0.25, 0.3) is 5.56 Å². The Bertz CT molecular complexity index is 874. The summed E-state index contributed by atoms with van der Waals surface area (Å²) < 4.78 is 5.79. The molecular weight excluding hydrogens is 328 g/mol. The summed E-state index contributed by atoms with van der Waals surface area (Å²) in [5.74, 6) is 0.780. The molecule has 0 bridgehead atoms. The predicted octanol–water partition coefficient (Wildman–Crippen LogP) is 3.51. The fraction of sp³-hybridized carbons (Fsp3) is 0.381. The van der Waals surface area contributed by atoms with Crippen molar-refractivity contribution >= 4 is 5.97 Å². The standard InChI is InChI=1S/C21H22N2O3/c1-2-13-3-5-14(6-4-13)19-12-15-7-8-16(11-17(15)21(25)26-19)18-9-10-20(24)23-22-18/h2,7-11,13-14,19H,1,3-6,12H2,(H,23,24). The van der Waals surface area contributed by atoms with Crippen LogP contribution in [0, 0.1) is 11.8 Å². The van der Waals surface area contributed by atoms with Gasteiger partial charge < -0.3 is 4.74 Å². The Kier molecular flexibility index (Phi) is 4.45. The number of hydrogen-bond acceptors (Lipinski definition) is 4. The second-order valence-electron chi connectivity index (χ2n) is 7.24. The van der Waals surface area contributed by atoms with E-state index in [2.05, 4.69) is 16.8 Å². The lowest BCUT2D eigenvalue weighted by Crippen LogP contribution is -2.35. The highest BCUT2D eigenvalue weighted by Crippen LogP contribution is 2.36. The molecule has 26 heavy (non-hydrogen) atoms. The van der Waals surface area contributed by atoms with Crippen molar-refractivity contribution < 1.29 is 9.53 Å². The second kappa shape index (κ2) is 6.90. The normalized spacial score (nSPS) is 25.2. The first-order chi connectivity index (χ1) is 12.6. The van der Waals surface area contributed by atoms with E-state index in [-0.39, 0.29) is 17.6 Å².